The fraction of sp³-hybridized carbons (Fsp3) is 0.111. The molecule has 0 atom stereocenters. The van der Waals surface area contributed by atoms with Gasteiger partial charge in [0.1, 0.15) is 6.61 Å². The number of aromatic carboxylic acids is 1. The summed E-state index contributed by atoms with van der Waals surface area (Å²) in [6.45, 7) is 1.76. The minimum atomic E-state index is -1.14. The molecule has 0 fully saturated rings. The molecule has 0 amide bonds. The number of hydrogen-bond donors (Lipinski definition) is 1. The molecule has 2 aromatic heterocycles. The lowest BCUT2D eigenvalue weighted by Gasteiger charge is -2.12. The highest BCUT2D eigenvalue weighted by atomic mass is 16.7. The highest BCUT2D eigenvalue weighted by Gasteiger charge is 2.22. The lowest BCUT2D eigenvalue weighted by Crippen LogP contribution is -2.19. The third-order valence-corrected chi connectivity index (χ3v) is 3.57. The van der Waals surface area contributed by atoms with Crippen LogP contribution in [0, 0.1) is 18.3 Å². The van der Waals surface area contributed by atoms with E-state index in [-0.39, 0.29) is 12.3 Å². The van der Waals surface area contributed by atoms with E-state index in [1.54, 1.807) is 55.7 Å². The summed E-state index contributed by atoms with van der Waals surface area (Å²) in [7, 11) is 0. The van der Waals surface area contributed by atoms with Crippen molar-refractivity contribution in [1.29, 1.82) is 5.26 Å². The lowest BCUT2D eigenvalue weighted by molar-refractivity contribution is 0.0574. The maximum Gasteiger partial charge on any atom is 0.357 e. The van der Waals surface area contributed by atoms with Gasteiger partial charge < -0.3 is 9.94 Å². The van der Waals surface area contributed by atoms with E-state index < -0.39 is 5.97 Å². The Kier molecular flexibility index (Phi) is 4.44. The van der Waals surface area contributed by atoms with Crippen molar-refractivity contribution in [3.05, 3.63) is 71.3 Å². The SMILES string of the molecule is Cc1nc(-c2cccc(C#N)c2)n(OCc2ccncc2)c1C(=O)O. The number of pyridine rings is 1. The molecule has 0 bridgehead atoms. The molecule has 0 radical (unpaired) electrons. The summed E-state index contributed by atoms with van der Waals surface area (Å²) in [5.74, 6) is -0.802. The normalized spacial score (nSPS) is 10.2. The lowest BCUT2D eigenvalue weighted by atomic mass is 10.1. The zero-order valence-electron chi connectivity index (χ0n) is 13.4. The number of nitrogens with zero attached hydrogens (tertiary/aromatic N) is 4. The first-order valence-corrected chi connectivity index (χ1v) is 7.45. The molecule has 7 nitrogen and oxygen atoms in total. The Balaban J connectivity index is 2.04. The molecule has 1 aromatic carbocycles. The van der Waals surface area contributed by atoms with E-state index in [0.717, 1.165) is 5.56 Å². The minimum Gasteiger partial charge on any atom is -0.476 e. The molecular formula is C18H14N4O3. The average molecular weight is 334 g/mol. The van der Waals surface area contributed by atoms with Crippen LogP contribution in [0.3, 0.4) is 0 Å². The van der Waals surface area contributed by atoms with Gasteiger partial charge in [0.2, 0.25) is 0 Å². The van der Waals surface area contributed by atoms with Crippen molar-refractivity contribution in [2.45, 2.75) is 13.5 Å². The van der Waals surface area contributed by atoms with E-state index in [0.29, 0.717) is 22.6 Å². The molecule has 0 aliphatic heterocycles. The molecule has 0 aliphatic carbocycles. The Morgan fingerprint density at radius 2 is 2.08 bits per heavy atom. The van der Waals surface area contributed by atoms with Crippen LogP contribution in [0.4, 0.5) is 0 Å². The van der Waals surface area contributed by atoms with Gasteiger partial charge in [-0.05, 0) is 36.8 Å². The molecule has 2 heterocycles. The number of aryl methyl sites for hydroxylation is 1. The van der Waals surface area contributed by atoms with Crippen LogP contribution in [0.15, 0.2) is 48.8 Å². The third-order valence-electron chi connectivity index (χ3n) is 3.57. The average Bonchev–Trinajstić information content (AvgIpc) is 2.97. The fourth-order valence-corrected chi connectivity index (χ4v) is 2.41. The summed E-state index contributed by atoms with van der Waals surface area (Å²) in [4.78, 5) is 25.6. The molecule has 3 aromatic rings. The summed E-state index contributed by atoms with van der Waals surface area (Å²) in [5, 5.41) is 18.6. The Hall–Kier alpha value is -3.66. The first kappa shape index (κ1) is 16.2. The molecule has 1 N–H and O–H groups in total. The van der Waals surface area contributed by atoms with Crippen LogP contribution in [-0.4, -0.2) is 25.8 Å². The third kappa shape index (κ3) is 3.33. The second-order valence-corrected chi connectivity index (χ2v) is 5.29. The zero-order chi connectivity index (χ0) is 17.8. The first-order chi connectivity index (χ1) is 12.1. The number of rotatable bonds is 5. The van der Waals surface area contributed by atoms with Gasteiger partial charge in [-0.25, -0.2) is 9.78 Å². The Labute approximate surface area is 143 Å². The van der Waals surface area contributed by atoms with Gasteiger partial charge in [-0.15, -0.1) is 0 Å². The van der Waals surface area contributed by atoms with E-state index in [2.05, 4.69) is 16.0 Å². The second-order valence-electron chi connectivity index (χ2n) is 5.29. The predicted octanol–water partition coefficient (Wildman–Crippen LogP) is 2.45. The van der Waals surface area contributed by atoms with E-state index >= 15 is 0 Å². The molecule has 7 heteroatoms. The van der Waals surface area contributed by atoms with E-state index in [4.69, 9.17) is 10.1 Å². The van der Waals surface area contributed by atoms with Crippen molar-refractivity contribution in [1.82, 2.24) is 14.7 Å². The van der Waals surface area contributed by atoms with Crippen LogP contribution in [0.25, 0.3) is 11.4 Å². The Morgan fingerprint density at radius 1 is 1.32 bits per heavy atom. The van der Waals surface area contributed by atoms with Gasteiger partial charge in [-0.2, -0.15) is 9.99 Å². The highest BCUT2D eigenvalue weighted by molar-refractivity contribution is 5.88. The van der Waals surface area contributed by atoms with Crippen LogP contribution in [0.2, 0.25) is 0 Å². The van der Waals surface area contributed by atoms with Gasteiger partial charge in [0, 0.05) is 18.0 Å². The van der Waals surface area contributed by atoms with E-state index in [1.807, 2.05) is 0 Å². The number of carboxylic acid groups (broad SMARTS) is 1. The number of aromatic nitrogens is 3. The van der Waals surface area contributed by atoms with Crippen molar-refractivity contribution < 1.29 is 14.7 Å². The van der Waals surface area contributed by atoms with Crippen LogP contribution in [0.5, 0.6) is 0 Å². The maximum atomic E-state index is 11.6. The van der Waals surface area contributed by atoms with Crippen LogP contribution < -0.4 is 4.84 Å². The smallest absolute Gasteiger partial charge is 0.357 e. The number of carbonyl (C=O) groups is 1. The minimum absolute atomic E-state index is 0.0496. The molecule has 0 saturated heterocycles. The summed E-state index contributed by atoms with van der Waals surface area (Å²) in [6.07, 6.45) is 3.26. The predicted molar refractivity (Wildman–Crippen MR) is 88.6 cm³/mol. The van der Waals surface area contributed by atoms with Crippen molar-refractivity contribution in [3.63, 3.8) is 0 Å². The summed E-state index contributed by atoms with van der Waals surface area (Å²) >= 11 is 0. The van der Waals surface area contributed by atoms with Crippen molar-refractivity contribution >= 4 is 5.97 Å². The van der Waals surface area contributed by atoms with E-state index in [9.17, 15) is 9.90 Å². The number of carboxylic acids is 1. The molecule has 0 unspecified atom stereocenters. The summed E-state index contributed by atoms with van der Waals surface area (Å²) in [6, 6.07) is 12.4. The Bertz CT molecular complexity index is 958. The molecule has 0 saturated carbocycles. The van der Waals surface area contributed by atoms with Crippen molar-refractivity contribution in [3.8, 4) is 17.5 Å². The second kappa shape index (κ2) is 6.84. The highest BCUT2D eigenvalue weighted by Crippen LogP contribution is 2.23. The number of imidazole rings is 1. The number of hydrogen-bond acceptors (Lipinski definition) is 5. The van der Waals surface area contributed by atoms with E-state index in [1.165, 1.54) is 4.73 Å². The van der Waals surface area contributed by atoms with Crippen molar-refractivity contribution in [2.24, 2.45) is 0 Å². The monoisotopic (exact) mass is 334 g/mol. The molecule has 3 rings (SSSR count). The molecule has 25 heavy (non-hydrogen) atoms. The van der Waals surface area contributed by atoms with Gasteiger partial charge in [-0.1, -0.05) is 12.1 Å². The topological polar surface area (TPSA) is 101 Å². The molecule has 124 valence electrons. The molecule has 0 spiro atoms. The first-order valence-electron chi connectivity index (χ1n) is 7.45. The molecule has 0 aliphatic rings. The Morgan fingerprint density at radius 3 is 2.76 bits per heavy atom. The van der Waals surface area contributed by atoms with Gasteiger partial charge in [0.15, 0.2) is 11.5 Å². The summed E-state index contributed by atoms with van der Waals surface area (Å²) in [5.41, 5.74) is 2.18. The van der Waals surface area contributed by atoms with Gasteiger partial charge in [0.25, 0.3) is 0 Å². The standard InChI is InChI=1S/C18H14N4O3/c1-12-16(18(23)24)22(25-11-13-5-7-20-8-6-13)17(21-12)15-4-2-3-14(9-15)10-19/h2-9H,11H2,1H3,(H,23,24). The quantitative estimate of drug-likeness (QED) is 0.769. The largest absolute Gasteiger partial charge is 0.476 e. The number of benzene rings is 1. The zero-order valence-corrected chi connectivity index (χ0v) is 13.4. The van der Waals surface area contributed by atoms with Gasteiger partial charge in [0.05, 0.1) is 17.3 Å². The van der Waals surface area contributed by atoms with Gasteiger partial charge >= 0.3 is 5.97 Å². The maximum absolute atomic E-state index is 11.6. The fourth-order valence-electron chi connectivity index (χ4n) is 2.41. The molecular weight excluding hydrogens is 320 g/mol. The van der Waals surface area contributed by atoms with Gasteiger partial charge in [-0.3, -0.25) is 4.98 Å². The van der Waals surface area contributed by atoms with Crippen LogP contribution in [0.1, 0.15) is 27.3 Å². The van der Waals surface area contributed by atoms with Crippen LogP contribution in [-0.2, 0) is 6.61 Å². The van der Waals surface area contributed by atoms with Crippen LogP contribution >= 0.6 is 0 Å². The van der Waals surface area contributed by atoms with Crippen molar-refractivity contribution in [2.75, 3.05) is 0 Å². The summed E-state index contributed by atoms with van der Waals surface area (Å²) < 4.78 is 1.20. The number of nitriles is 1.